The molecule has 4 heteroatoms. The van der Waals surface area contributed by atoms with Crippen molar-refractivity contribution in [3.05, 3.63) is 35.4 Å². The summed E-state index contributed by atoms with van der Waals surface area (Å²) in [6.45, 7) is 3.58. The van der Waals surface area contributed by atoms with E-state index in [2.05, 4.69) is 0 Å². The van der Waals surface area contributed by atoms with E-state index in [1.807, 2.05) is 0 Å². The van der Waals surface area contributed by atoms with Gasteiger partial charge in [-0.3, -0.25) is 0 Å². The van der Waals surface area contributed by atoms with Gasteiger partial charge in [-0.15, -0.1) is 0 Å². The van der Waals surface area contributed by atoms with Crippen LogP contribution < -0.4 is 5.73 Å². The highest BCUT2D eigenvalue weighted by Gasteiger charge is 2.32. The summed E-state index contributed by atoms with van der Waals surface area (Å²) < 4.78 is 26.0. The van der Waals surface area contributed by atoms with E-state index in [1.165, 1.54) is 0 Å². The van der Waals surface area contributed by atoms with Gasteiger partial charge in [0.05, 0.1) is 11.6 Å². The number of rotatable bonds is 4. The molecule has 1 aromatic carbocycles. The van der Waals surface area contributed by atoms with Crippen molar-refractivity contribution in [1.82, 2.24) is 0 Å². The molecule has 0 saturated carbocycles. The highest BCUT2D eigenvalue weighted by molar-refractivity contribution is 5.23. The van der Waals surface area contributed by atoms with Crippen LogP contribution in [-0.2, 0) is 0 Å². The Bertz CT molecular complexity index is 344. The molecule has 0 heterocycles. The second-order valence-corrected chi connectivity index (χ2v) is 3.99. The molecule has 0 radical (unpaired) electrons. The first-order valence-corrected chi connectivity index (χ1v) is 5.37. The summed E-state index contributed by atoms with van der Waals surface area (Å²) in [5.41, 5.74) is 5.01. The highest BCUT2D eigenvalue weighted by atomic mass is 19.1. The van der Waals surface area contributed by atoms with Crippen molar-refractivity contribution in [2.24, 2.45) is 5.73 Å². The average Bonchev–Trinajstić information content (AvgIpc) is 2.25. The van der Waals surface area contributed by atoms with E-state index >= 15 is 0 Å². The third kappa shape index (κ3) is 2.57. The third-order valence-electron chi connectivity index (χ3n) is 3.05. The topological polar surface area (TPSA) is 46.2 Å². The average molecular weight is 229 g/mol. The Morgan fingerprint density at radius 3 is 2.00 bits per heavy atom. The SMILES string of the molecule is CCC(O)(CC)C(N)c1cc(F)cc(F)c1. The normalized spacial score (nSPS) is 13.9. The second kappa shape index (κ2) is 4.89. The Kier molecular flexibility index (Phi) is 3.99. The number of benzene rings is 1. The zero-order valence-corrected chi connectivity index (χ0v) is 9.50. The van der Waals surface area contributed by atoms with Crippen molar-refractivity contribution < 1.29 is 13.9 Å². The molecule has 0 aliphatic carbocycles. The molecule has 1 atom stereocenters. The first-order chi connectivity index (χ1) is 7.42. The second-order valence-electron chi connectivity index (χ2n) is 3.99. The van der Waals surface area contributed by atoms with Crippen molar-refractivity contribution in [2.45, 2.75) is 38.3 Å². The molecule has 3 N–H and O–H groups in total. The summed E-state index contributed by atoms with van der Waals surface area (Å²) in [6.07, 6.45) is 0.867. The zero-order chi connectivity index (χ0) is 12.3. The fourth-order valence-electron chi connectivity index (χ4n) is 1.75. The van der Waals surface area contributed by atoms with Gasteiger partial charge in [0.1, 0.15) is 11.6 Å². The third-order valence-corrected chi connectivity index (χ3v) is 3.05. The maximum atomic E-state index is 13.0. The number of nitrogens with two attached hydrogens (primary N) is 1. The number of hydrogen-bond donors (Lipinski definition) is 2. The summed E-state index contributed by atoms with van der Waals surface area (Å²) in [5.74, 6) is -1.36. The van der Waals surface area contributed by atoms with E-state index in [0.717, 1.165) is 18.2 Å². The minimum absolute atomic E-state index is 0.281. The van der Waals surface area contributed by atoms with Crippen LogP contribution >= 0.6 is 0 Å². The molecule has 0 aliphatic heterocycles. The number of aliphatic hydroxyl groups is 1. The Morgan fingerprint density at radius 2 is 1.62 bits per heavy atom. The molecule has 2 nitrogen and oxygen atoms in total. The van der Waals surface area contributed by atoms with Crippen LogP contribution in [0.5, 0.6) is 0 Å². The summed E-state index contributed by atoms with van der Waals surface area (Å²) in [5, 5.41) is 10.2. The lowest BCUT2D eigenvalue weighted by molar-refractivity contribution is 0.00554. The van der Waals surface area contributed by atoms with E-state index in [9.17, 15) is 13.9 Å². The lowest BCUT2D eigenvalue weighted by Crippen LogP contribution is -2.40. The molecule has 1 unspecified atom stereocenters. The largest absolute Gasteiger partial charge is 0.388 e. The van der Waals surface area contributed by atoms with Crippen LogP contribution in [0.1, 0.15) is 38.3 Å². The summed E-state index contributed by atoms with van der Waals surface area (Å²) in [6, 6.07) is 2.31. The zero-order valence-electron chi connectivity index (χ0n) is 9.50. The minimum Gasteiger partial charge on any atom is -0.388 e. The first kappa shape index (κ1) is 13.1. The van der Waals surface area contributed by atoms with Gasteiger partial charge in [0, 0.05) is 6.07 Å². The molecule has 0 aromatic heterocycles. The predicted octanol–water partition coefficient (Wildman–Crippen LogP) is 2.52. The van der Waals surface area contributed by atoms with Crippen LogP contribution in [-0.4, -0.2) is 10.7 Å². The number of halogens is 2. The summed E-state index contributed by atoms with van der Waals surface area (Å²) in [7, 11) is 0. The van der Waals surface area contributed by atoms with Crippen LogP contribution in [0.2, 0.25) is 0 Å². The van der Waals surface area contributed by atoms with Gasteiger partial charge in [0.25, 0.3) is 0 Å². The lowest BCUT2D eigenvalue weighted by atomic mass is 9.85. The highest BCUT2D eigenvalue weighted by Crippen LogP contribution is 2.30. The van der Waals surface area contributed by atoms with Gasteiger partial charge in [-0.2, -0.15) is 0 Å². The molecule has 0 saturated heterocycles. The van der Waals surface area contributed by atoms with E-state index in [0.29, 0.717) is 12.8 Å². The van der Waals surface area contributed by atoms with Crippen molar-refractivity contribution in [1.29, 1.82) is 0 Å². The van der Waals surface area contributed by atoms with E-state index in [-0.39, 0.29) is 5.56 Å². The first-order valence-electron chi connectivity index (χ1n) is 5.37. The van der Waals surface area contributed by atoms with Crippen LogP contribution in [0.15, 0.2) is 18.2 Å². The van der Waals surface area contributed by atoms with Gasteiger partial charge in [0.2, 0.25) is 0 Å². The fourth-order valence-corrected chi connectivity index (χ4v) is 1.75. The van der Waals surface area contributed by atoms with Gasteiger partial charge in [-0.1, -0.05) is 13.8 Å². The van der Waals surface area contributed by atoms with Gasteiger partial charge in [0.15, 0.2) is 0 Å². The molecular weight excluding hydrogens is 212 g/mol. The quantitative estimate of drug-likeness (QED) is 0.833. The standard InChI is InChI=1S/C12H17F2NO/c1-3-12(16,4-2)11(15)8-5-9(13)7-10(14)6-8/h5-7,11,16H,3-4,15H2,1-2H3. The molecule has 16 heavy (non-hydrogen) atoms. The van der Waals surface area contributed by atoms with E-state index in [1.54, 1.807) is 13.8 Å². The van der Waals surface area contributed by atoms with Gasteiger partial charge < -0.3 is 10.8 Å². The van der Waals surface area contributed by atoms with Crippen molar-refractivity contribution >= 4 is 0 Å². The minimum atomic E-state index is -1.12. The molecule has 0 bridgehead atoms. The van der Waals surface area contributed by atoms with Crippen molar-refractivity contribution in [3.8, 4) is 0 Å². The Balaban J connectivity index is 3.08. The lowest BCUT2D eigenvalue weighted by Gasteiger charge is -2.32. The van der Waals surface area contributed by atoms with Gasteiger partial charge in [-0.25, -0.2) is 8.78 Å². The predicted molar refractivity (Wildman–Crippen MR) is 58.8 cm³/mol. The molecule has 0 amide bonds. The number of hydrogen-bond acceptors (Lipinski definition) is 2. The summed E-state index contributed by atoms with van der Waals surface area (Å²) >= 11 is 0. The molecule has 0 aliphatic rings. The molecule has 0 spiro atoms. The Hall–Kier alpha value is -1.00. The van der Waals surface area contributed by atoms with Crippen LogP contribution in [0.3, 0.4) is 0 Å². The van der Waals surface area contributed by atoms with Gasteiger partial charge >= 0.3 is 0 Å². The fraction of sp³-hybridized carbons (Fsp3) is 0.500. The van der Waals surface area contributed by atoms with Crippen LogP contribution in [0, 0.1) is 11.6 Å². The molecule has 0 fully saturated rings. The Labute approximate surface area is 94.1 Å². The maximum Gasteiger partial charge on any atom is 0.126 e. The molecule has 1 rings (SSSR count). The Morgan fingerprint density at radius 1 is 1.19 bits per heavy atom. The smallest absolute Gasteiger partial charge is 0.126 e. The van der Waals surface area contributed by atoms with Gasteiger partial charge in [-0.05, 0) is 30.5 Å². The monoisotopic (exact) mass is 229 g/mol. The maximum absolute atomic E-state index is 13.0. The van der Waals surface area contributed by atoms with E-state index < -0.39 is 23.3 Å². The van der Waals surface area contributed by atoms with E-state index in [4.69, 9.17) is 5.73 Å². The van der Waals surface area contributed by atoms with Crippen LogP contribution in [0.25, 0.3) is 0 Å². The van der Waals surface area contributed by atoms with Crippen molar-refractivity contribution in [2.75, 3.05) is 0 Å². The summed E-state index contributed by atoms with van der Waals surface area (Å²) in [4.78, 5) is 0. The molecule has 90 valence electrons. The molecular formula is C12H17F2NO. The van der Waals surface area contributed by atoms with Crippen molar-refractivity contribution in [3.63, 3.8) is 0 Å². The van der Waals surface area contributed by atoms with Crippen LogP contribution in [0.4, 0.5) is 8.78 Å². The molecule has 1 aromatic rings.